The Morgan fingerprint density at radius 3 is 2.72 bits per heavy atom. The maximum absolute atomic E-state index is 12.4. The number of benzene rings is 1. The van der Waals surface area contributed by atoms with Crippen LogP contribution in [0.3, 0.4) is 0 Å². The maximum atomic E-state index is 12.4. The van der Waals surface area contributed by atoms with Gasteiger partial charge in [0.15, 0.2) is 0 Å². The summed E-state index contributed by atoms with van der Waals surface area (Å²) in [6, 6.07) is 7.05. The minimum absolute atomic E-state index is 0.180. The largest absolute Gasteiger partial charge is 0.350 e. The van der Waals surface area contributed by atoms with Crippen molar-refractivity contribution in [2.75, 3.05) is 33.4 Å². The molecule has 0 N–H and O–H groups in total. The monoisotopic (exact) mass is 361 g/mol. The van der Waals surface area contributed by atoms with E-state index >= 15 is 0 Å². The molecule has 2 heterocycles. The molecular weight excluding hydrogens is 334 g/mol. The molecule has 3 atom stereocenters. The minimum atomic E-state index is -3.16. The van der Waals surface area contributed by atoms with Crippen LogP contribution in [0.2, 0.25) is 0 Å². The summed E-state index contributed by atoms with van der Waals surface area (Å²) in [7, 11) is 4.35. The number of hydrogen-bond donors (Lipinski definition) is 0. The van der Waals surface area contributed by atoms with Gasteiger partial charge in [-0.3, -0.25) is 0 Å². The van der Waals surface area contributed by atoms with Crippen LogP contribution in [0.15, 0.2) is 24.4 Å². The molecule has 1 fully saturated rings. The highest BCUT2D eigenvalue weighted by atomic mass is 32.2. The van der Waals surface area contributed by atoms with E-state index in [-0.39, 0.29) is 11.7 Å². The first-order chi connectivity index (χ1) is 11.8. The fourth-order valence-electron chi connectivity index (χ4n) is 4.90. The molecule has 0 radical (unpaired) electrons. The lowest BCUT2D eigenvalue weighted by atomic mass is 9.73. The van der Waals surface area contributed by atoms with E-state index in [2.05, 4.69) is 48.0 Å². The van der Waals surface area contributed by atoms with Gasteiger partial charge >= 0.3 is 0 Å². The third-order valence-corrected chi connectivity index (χ3v) is 8.13. The Hall–Kier alpha value is -1.37. The van der Waals surface area contributed by atoms with Crippen molar-refractivity contribution < 1.29 is 8.42 Å². The Balaban J connectivity index is 1.71. The normalized spacial score (nSPS) is 27.0. The minimum Gasteiger partial charge on any atom is -0.350 e. The number of nitrogens with zero attached hydrogens (tertiary/aromatic N) is 3. The van der Waals surface area contributed by atoms with E-state index in [1.165, 1.54) is 26.3 Å². The molecule has 136 valence electrons. The molecule has 1 aliphatic heterocycles. The molecule has 0 unspecified atom stereocenters. The van der Waals surface area contributed by atoms with E-state index in [4.69, 9.17) is 0 Å². The van der Waals surface area contributed by atoms with Gasteiger partial charge in [-0.2, -0.15) is 0 Å². The number of rotatable bonds is 3. The lowest BCUT2D eigenvalue weighted by Crippen LogP contribution is -2.49. The molecule has 2 aromatic rings. The second-order valence-electron chi connectivity index (χ2n) is 7.99. The topological polar surface area (TPSA) is 45.6 Å². The van der Waals surface area contributed by atoms with Crippen LogP contribution >= 0.6 is 0 Å². The van der Waals surface area contributed by atoms with E-state index < -0.39 is 10.0 Å². The van der Waals surface area contributed by atoms with Crippen LogP contribution in [-0.4, -0.2) is 61.7 Å². The van der Waals surface area contributed by atoms with Crippen molar-refractivity contribution in [1.82, 2.24) is 13.8 Å². The van der Waals surface area contributed by atoms with Gasteiger partial charge in [-0.05, 0) is 43.0 Å². The first-order valence-corrected chi connectivity index (χ1v) is 10.6. The van der Waals surface area contributed by atoms with Gasteiger partial charge in [0.2, 0.25) is 10.0 Å². The number of aromatic nitrogens is 1. The number of hydrogen-bond acceptors (Lipinski definition) is 3. The van der Waals surface area contributed by atoms with Crippen LogP contribution in [0.4, 0.5) is 0 Å². The van der Waals surface area contributed by atoms with Crippen LogP contribution in [0.1, 0.15) is 23.5 Å². The molecule has 0 amide bonds. The van der Waals surface area contributed by atoms with Gasteiger partial charge in [0.05, 0.1) is 5.75 Å². The van der Waals surface area contributed by atoms with Crippen LogP contribution in [0.25, 0.3) is 10.9 Å². The molecule has 0 saturated carbocycles. The summed E-state index contributed by atoms with van der Waals surface area (Å²) in [6.07, 6.45) is 4.28. The van der Waals surface area contributed by atoms with Gasteiger partial charge in [0.1, 0.15) is 0 Å². The fourth-order valence-corrected chi connectivity index (χ4v) is 6.03. The summed E-state index contributed by atoms with van der Waals surface area (Å²) < 4.78 is 28.3. The van der Waals surface area contributed by atoms with Crippen molar-refractivity contribution in [2.24, 2.45) is 13.0 Å². The van der Waals surface area contributed by atoms with Crippen LogP contribution in [0, 0.1) is 5.92 Å². The second-order valence-corrected chi connectivity index (χ2v) is 10.2. The van der Waals surface area contributed by atoms with E-state index in [0.29, 0.717) is 12.0 Å². The average Bonchev–Trinajstić information content (AvgIpc) is 2.86. The number of likely N-dealkylation sites (tertiary alicyclic amines) is 1. The highest BCUT2D eigenvalue weighted by Gasteiger charge is 2.40. The third kappa shape index (κ3) is 2.71. The SMILES string of the molecule is CN1C[C@@H](CS(=O)(=O)N(C)C)C[C@H]2c3cccc4c3c(cn4C)C[C@@H]21. The molecule has 2 aliphatic rings. The lowest BCUT2D eigenvalue weighted by Gasteiger charge is -2.45. The van der Waals surface area contributed by atoms with Gasteiger partial charge in [-0.1, -0.05) is 12.1 Å². The molecule has 4 rings (SSSR count). The molecule has 6 heteroatoms. The third-order valence-electron chi connectivity index (χ3n) is 6.12. The summed E-state index contributed by atoms with van der Waals surface area (Å²) >= 11 is 0. The molecule has 5 nitrogen and oxygen atoms in total. The van der Waals surface area contributed by atoms with Crippen molar-refractivity contribution in [2.45, 2.75) is 24.8 Å². The molecule has 25 heavy (non-hydrogen) atoms. The number of fused-ring (bicyclic) bond motifs is 2. The zero-order chi connectivity index (χ0) is 17.9. The zero-order valence-electron chi connectivity index (χ0n) is 15.4. The summed E-state index contributed by atoms with van der Waals surface area (Å²) in [4.78, 5) is 2.39. The first-order valence-electron chi connectivity index (χ1n) is 8.95. The smallest absolute Gasteiger partial charge is 0.213 e. The Morgan fingerprint density at radius 1 is 1.24 bits per heavy atom. The van der Waals surface area contributed by atoms with E-state index in [0.717, 1.165) is 19.4 Å². The molecule has 1 aliphatic carbocycles. The standard InChI is InChI=1S/C19H27N3O2S/c1-20(2)25(23,24)12-13-8-16-15-6-5-7-17-19(15)14(11-22(17)4)9-18(16)21(3)10-13/h5-7,11,13,16,18H,8-10,12H2,1-4H3/t13-,16-,18-/m0/s1. The van der Waals surface area contributed by atoms with E-state index in [1.54, 1.807) is 14.1 Å². The molecule has 0 bridgehead atoms. The quantitative estimate of drug-likeness (QED) is 0.840. The van der Waals surface area contributed by atoms with Crippen LogP contribution in [0.5, 0.6) is 0 Å². The number of aryl methyl sites for hydroxylation is 1. The molecular formula is C19H27N3O2S. The van der Waals surface area contributed by atoms with Gasteiger partial charge in [0.25, 0.3) is 0 Å². The average molecular weight is 362 g/mol. The predicted molar refractivity (Wildman–Crippen MR) is 101 cm³/mol. The fraction of sp³-hybridized carbons (Fsp3) is 0.579. The zero-order valence-corrected chi connectivity index (χ0v) is 16.3. The van der Waals surface area contributed by atoms with Gasteiger partial charge in [-0.25, -0.2) is 12.7 Å². The highest BCUT2D eigenvalue weighted by Crippen LogP contribution is 2.44. The van der Waals surface area contributed by atoms with Crippen molar-refractivity contribution in [3.05, 3.63) is 35.5 Å². The van der Waals surface area contributed by atoms with Gasteiger partial charge in [0, 0.05) is 56.7 Å². The molecule has 1 aromatic carbocycles. The van der Waals surface area contributed by atoms with Gasteiger partial charge < -0.3 is 9.47 Å². The molecule has 1 aromatic heterocycles. The molecule has 0 spiro atoms. The van der Waals surface area contributed by atoms with Gasteiger partial charge in [-0.15, -0.1) is 0 Å². The summed E-state index contributed by atoms with van der Waals surface area (Å²) in [5.41, 5.74) is 4.13. The Bertz CT molecular complexity index is 916. The van der Waals surface area contributed by atoms with Crippen molar-refractivity contribution in [1.29, 1.82) is 0 Å². The number of likely N-dealkylation sites (N-methyl/N-ethyl adjacent to an activating group) is 1. The van der Waals surface area contributed by atoms with Crippen molar-refractivity contribution in [3.63, 3.8) is 0 Å². The lowest BCUT2D eigenvalue weighted by molar-refractivity contribution is 0.120. The predicted octanol–water partition coefficient (Wildman–Crippen LogP) is 2.03. The van der Waals surface area contributed by atoms with Crippen LogP contribution < -0.4 is 0 Å². The summed E-state index contributed by atoms with van der Waals surface area (Å²) in [6.45, 7) is 0.854. The maximum Gasteiger partial charge on any atom is 0.213 e. The second kappa shape index (κ2) is 5.83. The van der Waals surface area contributed by atoms with Crippen LogP contribution in [-0.2, 0) is 23.5 Å². The Morgan fingerprint density at radius 2 is 2.00 bits per heavy atom. The number of sulfonamides is 1. The van der Waals surface area contributed by atoms with E-state index in [9.17, 15) is 8.42 Å². The highest BCUT2D eigenvalue weighted by molar-refractivity contribution is 7.89. The first kappa shape index (κ1) is 17.1. The van der Waals surface area contributed by atoms with Crippen molar-refractivity contribution in [3.8, 4) is 0 Å². The molecule has 1 saturated heterocycles. The Labute approximate surface area is 150 Å². The van der Waals surface area contributed by atoms with Crippen molar-refractivity contribution >= 4 is 20.9 Å². The van der Waals surface area contributed by atoms with E-state index in [1.807, 2.05) is 0 Å². The summed E-state index contributed by atoms with van der Waals surface area (Å²) in [5.74, 6) is 0.837. The Kier molecular flexibility index (Phi) is 3.98. The summed E-state index contributed by atoms with van der Waals surface area (Å²) in [5, 5.41) is 1.40. The number of piperidine rings is 1.